The second kappa shape index (κ2) is 8.83. The highest BCUT2D eigenvalue weighted by molar-refractivity contribution is 6.04. The Labute approximate surface area is 174 Å². The molecule has 0 N–H and O–H groups in total. The molecule has 30 heavy (non-hydrogen) atoms. The van der Waals surface area contributed by atoms with E-state index < -0.39 is 0 Å². The van der Waals surface area contributed by atoms with Crippen LogP contribution in [-0.2, 0) is 11.3 Å². The average molecular weight is 403 g/mol. The van der Waals surface area contributed by atoms with Crippen molar-refractivity contribution in [1.82, 2.24) is 9.47 Å². The number of fused-ring (bicyclic) bond motifs is 1. The molecule has 0 bridgehead atoms. The van der Waals surface area contributed by atoms with Crippen molar-refractivity contribution in [2.45, 2.75) is 19.4 Å². The number of likely N-dealkylation sites (tertiary alicyclic amines) is 1. The lowest BCUT2D eigenvalue weighted by Crippen LogP contribution is -2.28. The van der Waals surface area contributed by atoms with Gasteiger partial charge in [0.1, 0.15) is 29.8 Å². The fourth-order valence-corrected chi connectivity index (χ4v) is 3.76. The summed E-state index contributed by atoms with van der Waals surface area (Å²) in [5.41, 5.74) is 1.98. The number of carbonyl (C=O) groups excluding carboxylic acids is 1. The summed E-state index contributed by atoms with van der Waals surface area (Å²) in [6, 6.07) is 15.9. The molecule has 6 heteroatoms. The quantitative estimate of drug-likeness (QED) is 0.453. The van der Waals surface area contributed by atoms with Crippen LogP contribution in [0.3, 0.4) is 0 Å². The molecular formula is C24H22FN3O2. The minimum atomic E-state index is -0.299. The first kappa shape index (κ1) is 19.7. The van der Waals surface area contributed by atoms with Gasteiger partial charge < -0.3 is 14.2 Å². The van der Waals surface area contributed by atoms with Gasteiger partial charge in [-0.15, -0.1) is 0 Å². The lowest BCUT2D eigenvalue weighted by molar-refractivity contribution is -0.125. The van der Waals surface area contributed by atoms with Crippen molar-refractivity contribution in [3.05, 3.63) is 71.7 Å². The molecule has 2 heterocycles. The normalized spacial score (nSPS) is 14.1. The number of amides is 1. The van der Waals surface area contributed by atoms with Crippen LogP contribution in [0, 0.1) is 17.1 Å². The van der Waals surface area contributed by atoms with Crippen molar-refractivity contribution in [2.24, 2.45) is 0 Å². The van der Waals surface area contributed by atoms with Crippen LogP contribution < -0.4 is 4.74 Å². The predicted molar refractivity (Wildman–Crippen MR) is 113 cm³/mol. The lowest BCUT2D eigenvalue weighted by atomic mass is 10.1. The summed E-state index contributed by atoms with van der Waals surface area (Å²) in [4.78, 5) is 14.4. The number of ether oxygens (including phenoxy) is 1. The Morgan fingerprint density at radius 1 is 1.13 bits per heavy atom. The van der Waals surface area contributed by atoms with Crippen LogP contribution in [0.25, 0.3) is 17.0 Å². The largest absolute Gasteiger partial charge is 0.492 e. The smallest absolute Gasteiger partial charge is 0.264 e. The van der Waals surface area contributed by atoms with Gasteiger partial charge in [0, 0.05) is 35.8 Å². The lowest BCUT2D eigenvalue weighted by Gasteiger charge is -2.13. The molecule has 1 amide bonds. The Balaban J connectivity index is 1.56. The number of carbonyl (C=O) groups is 1. The van der Waals surface area contributed by atoms with E-state index in [4.69, 9.17) is 4.74 Å². The third kappa shape index (κ3) is 4.20. The molecule has 5 nitrogen and oxygen atoms in total. The van der Waals surface area contributed by atoms with Crippen molar-refractivity contribution in [3.63, 3.8) is 0 Å². The van der Waals surface area contributed by atoms with Gasteiger partial charge in [-0.05, 0) is 49.2 Å². The van der Waals surface area contributed by atoms with E-state index in [9.17, 15) is 14.4 Å². The maximum atomic E-state index is 13.0. The zero-order chi connectivity index (χ0) is 20.9. The van der Waals surface area contributed by atoms with Crippen molar-refractivity contribution in [1.29, 1.82) is 5.26 Å². The van der Waals surface area contributed by atoms with Gasteiger partial charge in [-0.25, -0.2) is 4.39 Å². The standard InChI is InChI=1S/C24H22FN3O2/c25-20-7-9-21(10-8-20)30-14-13-28-17-19(22-5-1-2-6-23(22)28)15-18(16-26)24(29)27-11-3-4-12-27/h1-2,5-10,15,17H,3-4,11-14H2/b18-15+. The molecule has 3 aromatic rings. The minimum absolute atomic E-state index is 0.155. The topological polar surface area (TPSA) is 58.3 Å². The van der Waals surface area contributed by atoms with Gasteiger partial charge in [-0.1, -0.05) is 18.2 Å². The van der Waals surface area contributed by atoms with Gasteiger partial charge in [0.2, 0.25) is 0 Å². The molecule has 152 valence electrons. The first-order chi connectivity index (χ1) is 14.7. The zero-order valence-electron chi connectivity index (χ0n) is 16.6. The van der Waals surface area contributed by atoms with Crippen molar-refractivity contribution in [2.75, 3.05) is 19.7 Å². The Hall–Kier alpha value is -3.59. The average Bonchev–Trinajstić information content (AvgIpc) is 3.42. The number of benzene rings is 2. The number of nitrogens with zero attached hydrogens (tertiary/aromatic N) is 3. The van der Waals surface area contributed by atoms with Crippen molar-refractivity contribution < 1.29 is 13.9 Å². The molecule has 0 radical (unpaired) electrons. The van der Waals surface area contributed by atoms with Crippen LogP contribution >= 0.6 is 0 Å². The Kier molecular flexibility index (Phi) is 5.80. The summed E-state index contributed by atoms with van der Waals surface area (Å²) >= 11 is 0. The monoisotopic (exact) mass is 403 g/mol. The molecule has 1 aliphatic rings. The highest BCUT2D eigenvalue weighted by Crippen LogP contribution is 2.24. The number of hydrogen-bond donors (Lipinski definition) is 0. The van der Waals surface area contributed by atoms with Gasteiger partial charge in [0.25, 0.3) is 5.91 Å². The second-order valence-corrected chi connectivity index (χ2v) is 7.27. The third-order valence-electron chi connectivity index (χ3n) is 5.28. The first-order valence-corrected chi connectivity index (χ1v) is 10.0. The Morgan fingerprint density at radius 2 is 1.87 bits per heavy atom. The second-order valence-electron chi connectivity index (χ2n) is 7.27. The number of halogens is 1. The molecule has 1 fully saturated rings. The maximum absolute atomic E-state index is 13.0. The van der Waals surface area contributed by atoms with Crippen LogP contribution in [0.15, 0.2) is 60.3 Å². The van der Waals surface area contributed by atoms with Gasteiger partial charge in [-0.2, -0.15) is 5.26 Å². The summed E-state index contributed by atoms with van der Waals surface area (Å²) in [6.45, 7) is 2.40. The summed E-state index contributed by atoms with van der Waals surface area (Å²) in [5.74, 6) is 0.106. The highest BCUT2D eigenvalue weighted by atomic mass is 19.1. The van der Waals surface area contributed by atoms with Crippen LogP contribution in [0.5, 0.6) is 5.75 Å². The Bertz CT molecular complexity index is 1120. The Morgan fingerprint density at radius 3 is 2.60 bits per heavy atom. The van der Waals surface area contributed by atoms with E-state index in [1.807, 2.05) is 35.0 Å². The third-order valence-corrected chi connectivity index (χ3v) is 5.28. The van der Waals surface area contributed by atoms with E-state index in [1.165, 1.54) is 12.1 Å². The molecule has 0 aliphatic carbocycles. The molecule has 0 saturated carbocycles. The molecular weight excluding hydrogens is 381 g/mol. The SMILES string of the molecule is N#C/C(=C\c1cn(CCOc2ccc(F)cc2)c2ccccc12)C(=O)N1CCCC1. The molecule has 2 aromatic carbocycles. The van der Waals surface area contributed by atoms with Crippen LogP contribution in [-0.4, -0.2) is 35.1 Å². The van der Waals surface area contributed by atoms with E-state index in [1.54, 1.807) is 23.1 Å². The van der Waals surface area contributed by atoms with Gasteiger partial charge in [-0.3, -0.25) is 4.79 Å². The molecule has 0 atom stereocenters. The van der Waals surface area contributed by atoms with Crippen LogP contribution in [0.2, 0.25) is 0 Å². The van der Waals surface area contributed by atoms with E-state index in [0.717, 1.165) is 29.3 Å². The summed E-state index contributed by atoms with van der Waals surface area (Å²) in [5, 5.41) is 10.5. The number of aromatic nitrogens is 1. The van der Waals surface area contributed by atoms with Crippen LogP contribution in [0.1, 0.15) is 18.4 Å². The van der Waals surface area contributed by atoms with Crippen LogP contribution in [0.4, 0.5) is 4.39 Å². The maximum Gasteiger partial charge on any atom is 0.264 e. The minimum Gasteiger partial charge on any atom is -0.492 e. The molecule has 1 aromatic heterocycles. The molecule has 0 spiro atoms. The van der Waals surface area contributed by atoms with Gasteiger partial charge in [0.05, 0.1) is 6.54 Å². The van der Waals surface area contributed by atoms with E-state index >= 15 is 0 Å². The fraction of sp³-hybridized carbons (Fsp3) is 0.250. The predicted octanol–water partition coefficient (Wildman–Crippen LogP) is 4.39. The van der Waals surface area contributed by atoms with Crippen molar-refractivity contribution >= 4 is 22.9 Å². The van der Waals surface area contributed by atoms with E-state index in [-0.39, 0.29) is 17.3 Å². The molecule has 1 aliphatic heterocycles. The van der Waals surface area contributed by atoms with Gasteiger partial charge in [0.15, 0.2) is 0 Å². The number of hydrogen-bond acceptors (Lipinski definition) is 3. The van der Waals surface area contributed by atoms with E-state index in [0.29, 0.717) is 32.0 Å². The number of para-hydroxylation sites is 1. The highest BCUT2D eigenvalue weighted by Gasteiger charge is 2.22. The van der Waals surface area contributed by atoms with Gasteiger partial charge >= 0.3 is 0 Å². The summed E-state index contributed by atoms with van der Waals surface area (Å²) < 4.78 is 20.8. The fourth-order valence-electron chi connectivity index (χ4n) is 3.76. The van der Waals surface area contributed by atoms with Crippen molar-refractivity contribution in [3.8, 4) is 11.8 Å². The summed E-state index contributed by atoms with van der Waals surface area (Å²) in [6.07, 6.45) is 5.59. The molecule has 4 rings (SSSR count). The summed E-state index contributed by atoms with van der Waals surface area (Å²) in [7, 11) is 0. The van der Waals surface area contributed by atoms with E-state index in [2.05, 4.69) is 6.07 Å². The number of rotatable bonds is 6. The zero-order valence-corrected chi connectivity index (χ0v) is 16.6. The number of nitriles is 1. The molecule has 1 saturated heterocycles. The molecule has 0 unspecified atom stereocenters. The first-order valence-electron chi connectivity index (χ1n) is 10.0.